The molecule has 0 spiro atoms. The Labute approximate surface area is 104 Å². The molecule has 0 aliphatic heterocycles. The number of carbonyl (C=O) groups excluding carboxylic acids is 1. The fourth-order valence-corrected chi connectivity index (χ4v) is 2.38. The van der Waals surface area contributed by atoms with E-state index in [1.165, 1.54) is 5.57 Å². The van der Waals surface area contributed by atoms with E-state index in [0.717, 1.165) is 44.0 Å². The van der Waals surface area contributed by atoms with Crippen molar-refractivity contribution in [1.82, 2.24) is 0 Å². The van der Waals surface area contributed by atoms with Crippen molar-refractivity contribution in [2.75, 3.05) is 0 Å². The van der Waals surface area contributed by atoms with Crippen molar-refractivity contribution < 1.29 is 9.90 Å². The van der Waals surface area contributed by atoms with Crippen LogP contribution in [0.15, 0.2) is 23.3 Å². The summed E-state index contributed by atoms with van der Waals surface area (Å²) in [4.78, 5) is 10.6. The smallest absolute Gasteiger partial charge is 0.145 e. The van der Waals surface area contributed by atoms with E-state index < -0.39 is 5.60 Å². The van der Waals surface area contributed by atoms with Gasteiger partial charge < -0.3 is 5.11 Å². The molecule has 0 aromatic carbocycles. The van der Waals surface area contributed by atoms with Crippen molar-refractivity contribution in [2.45, 2.75) is 58.5 Å². The van der Waals surface area contributed by atoms with Crippen LogP contribution in [-0.2, 0) is 4.79 Å². The fraction of sp³-hybridized carbons (Fsp3) is 0.667. The van der Waals surface area contributed by atoms with Crippen LogP contribution < -0.4 is 0 Å². The molecule has 0 saturated heterocycles. The molecular weight excluding hydrogens is 212 g/mol. The highest BCUT2D eigenvalue weighted by atomic mass is 16.3. The van der Waals surface area contributed by atoms with Crippen LogP contribution in [0.1, 0.15) is 52.9 Å². The Balaban J connectivity index is 2.51. The Bertz CT molecular complexity index is 320. The lowest BCUT2D eigenvalue weighted by Gasteiger charge is -2.34. The fourth-order valence-electron chi connectivity index (χ4n) is 2.38. The third-order valence-corrected chi connectivity index (χ3v) is 3.68. The van der Waals surface area contributed by atoms with Gasteiger partial charge in [0.15, 0.2) is 0 Å². The van der Waals surface area contributed by atoms with Crippen LogP contribution in [0.3, 0.4) is 0 Å². The first-order chi connectivity index (χ1) is 7.95. The van der Waals surface area contributed by atoms with Crippen molar-refractivity contribution >= 4 is 6.29 Å². The van der Waals surface area contributed by atoms with Gasteiger partial charge in [-0.1, -0.05) is 17.7 Å². The van der Waals surface area contributed by atoms with E-state index >= 15 is 0 Å². The van der Waals surface area contributed by atoms with Gasteiger partial charge in [0.05, 0.1) is 5.60 Å². The lowest BCUT2D eigenvalue weighted by atomic mass is 9.76. The van der Waals surface area contributed by atoms with Crippen molar-refractivity contribution in [1.29, 1.82) is 0 Å². The van der Waals surface area contributed by atoms with E-state index in [1.807, 2.05) is 13.0 Å². The second-order valence-electron chi connectivity index (χ2n) is 5.55. The maximum atomic E-state index is 10.6. The molecule has 0 unspecified atom stereocenters. The molecule has 0 saturated carbocycles. The van der Waals surface area contributed by atoms with Crippen LogP contribution in [0.2, 0.25) is 0 Å². The van der Waals surface area contributed by atoms with Gasteiger partial charge in [-0.25, -0.2) is 0 Å². The minimum atomic E-state index is -0.614. The van der Waals surface area contributed by atoms with Gasteiger partial charge in [0.2, 0.25) is 0 Å². The first kappa shape index (κ1) is 14.2. The molecule has 0 heterocycles. The van der Waals surface area contributed by atoms with Crippen molar-refractivity contribution in [3.05, 3.63) is 23.3 Å². The zero-order chi connectivity index (χ0) is 12.9. The zero-order valence-electron chi connectivity index (χ0n) is 11.2. The van der Waals surface area contributed by atoms with Gasteiger partial charge in [-0.05, 0) is 64.4 Å². The Morgan fingerprint density at radius 2 is 2.29 bits per heavy atom. The van der Waals surface area contributed by atoms with E-state index in [2.05, 4.69) is 19.9 Å². The summed E-state index contributed by atoms with van der Waals surface area (Å²) in [5.74, 6) is 0.289. The number of allylic oxidation sites excluding steroid dienone is 4. The highest BCUT2D eigenvalue weighted by Gasteiger charge is 2.31. The molecule has 0 amide bonds. The minimum absolute atomic E-state index is 0.289. The Morgan fingerprint density at radius 3 is 2.76 bits per heavy atom. The molecule has 17 heavy (non-hydrogen) atoms. The molecule has 1 aliphatic carbocycles. The molecule has 1 aliphatic rings. The average molecular weight is 236 g/mol. The highest BCUT2D eigenvalue weighted by molar-refractivity contribution is 5.73. The average Bonchev–Trinajstić information content (AvgIpc) is 2.28. The van der Waals surface area contributed by atoms with Gasteiger partial charge >= 0.3 is 0 Å². The highest BCUT2D eigenvalue weighted by Crippen LogP contribution is 2.34. The van der Waals surface area contributed by atoms with Crippen molar-refractivity contribution in [3.8, 4) is 0 Å². The van der Waals surface area contributed by atoms with Gasteiger partial charge in [-0.2, -0.15) is 0 Å². The SMILES string of the molecule is CC(C)=CCC[C@@](C)(O)[C@@H]1CC=C(C=O)CC1. The minimum Gasteiger partial charge on any atom is -0.390 e. The second kappa shape index (κ2) is 6.15. The first-order valence-corrected chi connectivity index (χ1v) is 6.45. The van der Waals surface area contributed by atoms with E-state index in [0.29, 0.717) is 0 Å². The first-order valence-electron chi connectivity index (χ1n) is 6.45. The van der Waals surface area contributed by atoms with E-state index in [4.69, 9.17) is 0 Å². The normalized spacial score (nSPS) is 23.5. The van der Waals surface area contributed by atoms with Gasteiger partial charge in [0, 0.05) is 0 Å². The molecule has 2 atom stereocenters. The molecule has 1 N–H and O–H groups in total. The number of aliphatic hydroxyl groups is 1. The molecule has 0 aromatic heterocycles. The van der Waals surface area contributed by atoms with Crippen LogP contribution in [0, 0.1) is 5.92 Å². The number of rotatable bonds is 5. The summed E-state index contributed by atoms with van der Waals surface area (Å²) >= 11 is 0. The second-order valence-corrected chi connectivity index (χ2v) is 5.55. The van der Waals surface area contributed by atoms with E-state index in [-0.39, 0.29) is 5.92 Å². The summed E-state index contributed by atoms with van der Waals surface area (Å²) in [5, 5.41) is 10.5. The van der Waals surface area contributed by atoms with E-state index in [1.54, 1.807) is 0 Å². The molecule has 0 fully saturated rings. The molecule has 0 aromatic rings. The van der Waals surface area contributed by atoms with Crippen LogP contribution in [0.4, 0.5) is 0 Å². The summed E-state index contributed by atoms with van der Waals surface area (Å²) in [5.41, 5.74) is 1.57. The Kier molecular flexibility index (Phi) is 5.13. The molecule has 0 bridgehead atoms. The molecule has 0 radical (unpaired) electrons. The Hall–Kier alpha value is -0.890. The van der Waals surface area contributed by atoms with Crippen LogP contribution in [0.5, 0.6) is 0 Å². The lowest BCUT2D eigenvalue weighted by Crippen LogP contribution is -2.35. The molecule has 2 heteroatoms. The van der Waals surface area contributed by atoms with Crippen LogP contribution in [-0.4, -0.2) is 17.0 Å². The van der Waals surface area contributed by atoms with Gasteiger partial charge in [-0.3, -0.25) is 4.79 Å². The monoisotopic (exact) mass is 236 g/mol. The summed E-state index contributed by atoms with van der Waals surface area (Å²) < 4.78 is 0. The van der Waals surface area contributed by atoms with Crippen LogP contribution in [0.25, 0.3) is 0 Å². The lowest BCUT2D eigenvalue weighted by molar-refractivity contribution is -0.105. The molecule has 2 nitrogen and oxygen atoms in total. The molecular formula is C15H24O2. The predicted octanol–water partition coefficient (Wildman–Crippen LogP) is 3.41. The zero-order valence-corrected chi connectivity index (χ0v) is 11.2. The predicted molar refractivity (Wildman–Crippen MR) is 70.8 cm³/mol. The van der Waals surface area contributed by atoms with Gasteiger partial charge in [0.25, 0.3) is 0 Å². The quantitative estimate of drug-likeness (QED) is 0.586. The summed E-state index contributed by atoms with van der Waals surface area (Å²) in [6.45, 7) is 6.08. The van der Waals surface area contributed by atoms with E-state index in [9.17, 15) is 9.90 Å². The summed E-state index contributed by atoms with van der Waals surface area (Å²) in [7, 11) is 0. The third-order valence-electron chi connectivity index (χ3n) is 3.68. The van der Waals surface area contributed by atoms with Gasteiger partial charge in [0.1, 0.15) is 6.29 Å². The standard InChI is InChI=1S/C15H24O2/c1-12(2)5-4-10-15(3,17)14-8-6-13(11-16)7-9-14/h5-6,11,14,17H,4,7-10H2,1-3H3/t14-,15-/m1/s1. The van der Waals surface area contributed by atoms with Crippen molar-refractivity contribution in [2.24, 2.45) is 5.92 Å². The third kappa shape index (κ3) is 4.47. The topological polar surface area (TPSA) is 37.3 Å². The summed E-state index contributed by atoms with van der Waals surface area (Å²) in [6, 6.07) is 0. The van der Waals surface area contributed by atoms with Crippen LogP contribution >= 0.6 is 0 Å². The summed E-state index contributed by atoms with van der Waals surface area (Å²) in [6.07, 6.45) is 9.38. The number of hydrogen-bond acceptors (Lipinski definition) is 2. The molecule has 96 valence electrons. The largest absolute Gasteiger partial charge is 0.390 e. The van der Waals surface area contributed by atoms with Gasteiger partial charge in [-0.15, -0.1) is 0 Å². The number of aldehydes is 1. The maximum absolute atomic E-state index is 10.6. The number of carbonyl (C=O) groups is 1. The molecule has 1 rings (SSSR count). The van der Waals surface area contributed by atoms with Crippen molar-refractivity contribution in [3.63, 3.8) is 0 Å². The Morgan fingerprint density at radius 1 is 1.59 bits per heavy atom. The number of hydrogen-bond donors (Lipinski definition) is 1. The maximum Gasteiger partial charge on any atom is 0.145 e.